The van der Waals surface area contributed by atoms with Crippen LogP contribution in [0.15, 0.2) is 64.6 Å². The highest BCUT2D eigenvalue weighted by Gasteiger charge is 2.50. The summed E-state index contributed by atoms with van der Waals surface area (Å²) in [4.78, 5) is 1.24. The summed E-state index contributed by atoms with van der Waals surface area (Å²) < 4.78 is 0. The SMILES string of the molecule is C=C1C(O)CC(=CC=C2CCCC3(C)C2CCC3C(C)CSc2cccc(C(C)(C)O)c2)CC1O. The molecule has 4 heteroatoms. The van der Waals surface area contributed by atoms with E-state index in [-0.39, 0.29) is 0 Å². The minimum absolute atomic E-state index is 0.345. The van der Waals surface area contributed by atoms with Crippen LogP contribution in [0.5, 0.6) is 0 Å². The first-order chi connectivity index (χ1) is 16.5. The van der Waals surface area contributed by atoms with Crippen LogP contribution in [0.1, 0.15) is 78.2 Å². The second-order valence-electron chi connectivity index (χ2n) is 12.1. The molecule has 3 aliphatic rings. The number of hydrogen-bond donors (Lipinski definition) is 3. The molecule has 0 radical (unpaired) electrons. The van der Waals surface area contributed by atoms with E-state index in [1.807, 2.05) is 31.7 Å². The summed E-state index contributed by atoms with van der Waals surface area (Å²) in [6.07, 6.45) is 10.7. The van der Waals surface area contributed by atoms with Gasteiger partial charge >= 0.3 is 0 Å². The third kappa shape index (κ3) is 5.82. The van der Waals surface area contributed by atoms with Gasteiger partial charge < -0.3 is 15.3 Å². The first kappa shape index (κ1) is 26.7. The highest BCUT2D eigenvalue weighted by atomic mass is 32.2. The summed E-state index contributed by atoms with van der Waals surface area (Å²) in [5, 5.41) is 30.8. The number of aliphatic hydroxyl groups excluding tert-OH is 2. The molecule has 4 rings (SSSR count). The summed E-state index contributed by atoms with van der Waals surface area (Å²) in [6, 6.07) is 8.36. The molecule has 0 bridgehead atoms. The Hall–Kier alpha value is -1.33. The van der Waals surface area contributed by atoms with E-state index in [4.69, 9.17) is 0 Å². The summed E-state index contributed by atoms with van der Waals surface area (Å²) in [5.41, 5.74) is 3.76. The van der Waals surface area contributed by atoms with Gasteiger partial charge in [0.15, 0.2) is 0 Å². The van der Waals surface area contributed by atoms with Crippen LogP contribution < -0.4 is 0 Å². The molecule has 6 unspecified atom stereocenters. The first-order valence-electron chi connectivity index (χ1n) is 13.4. The molecule has 3 N–H and O–H groups in total. The first-order valence-corrected chi connectivity index (χ1v) is 14.4. The smallest absolute Gasteiger partial charge is 0.0840 e. The summed E-state index contributed by atoms with van der Waals surface area (Å²) in [5.74, 6) is 3.09. The summed E-state index contributed by atoms with van der Waals surface area (Å²) in [6.45, 7) is 12.5. The topological polar surface area (TPSA) is 60.7 Å². The zero-order valence-electron chi connectivity index (χ0n) is 22.0. The van der Waals surface area contributed by atoms with Gasteiger partial charge in [0.2, 0.25) is 0 Å². The number of allylic oxidation sites excluding steroid dienone is 3. The standard InChI is InChI=1S/C31H44O3S/c1-20(19-35-25-10-6-9-24(18-25)30(3,4)34)26-13-14-27-23(8-7-15-31(26,27)5)12-11-22-16-28(32)21(2)29(33)17-22/h6,9-12,18,20,26-29,32-34H,2,7-8,13-17,19H2,1,3-5H3. The molecular formula is C31H44O3S. The molecule has 6 atom stereocenters. The maximum absolute atomic E-state index is 10.4. The van der Waals surface area contributed by atoms with Gasteiger partial charge in [-0.25, -0.2) is 0 Å². The summed E-state index contributed by atoms with van der Waals surface area (Å²) in [7, 11) is 0. The highest BCUT2D eigenvalue weighted by molar-refractivity contribution is 7.99. The Kier molecular flexibility index (Phi) is 8.07. The quantitative estimate of drug-likeness (QED) is 0.300. The van der Waals surface area contributed by atoms with Crippen molar-refractivity contribution in [3.05, 3.63) is 65.3 Å². The molecule has 3 fully saturated rings. The van der Waals surface area contributed by atoms with Crippen molar-refractivity contribution in [2.75, 3.05) is 5.75 Å². The Morgan fingerprint density at radius 2 is 1.89 bits per heavy atom. The van der Waals surface area contributed by atoms with Gasteiger partial charge in [-0.3, -0.25) is 0 Å². The molecule has 0 aromatic heterocycles. The van der Waals surface area contributed by atoms with Gasteiger partial charge in [0.1, 0.15) is 0 Å². The van der Waals surface area contributed by atoms with E-state index < -0.39 is 17.8 Å². The van der Waals surface area contributed by atoms with E-state index in [2.05, 4.69) is 50.8 Å². The van der Waals surface area contributed by atoms with Crippen LogP contribution in [-0.2, 0) is 5.60 Å². The average molecular weight is 497 g/mol. The van der Waals surface area contributed by atoms with E-state index in [1.165, 1.54) is 37.0 Å². The molecule has 3 aliphatic carbocycles. The van der Waals surface area contributed by atoms with Crippen molar-refractivity contribution in [2.45, 2.75) is 95.3 Å². The zero-order valence-corrected chi connectivity index (χ0v) is 22.8. The lowest BCUT2D eigenvalue weighted by atomic mass is 9.61. The fourth-order valence-corrected chi connectivity index (χ4v) is 8.02. The Labute approximate surface area is 216 Å². The molecule has 0 saturated heterocycles. The van der Waals surface area contributed by atoms with Gasteiger partial charge in [-0.15, -0.1) is 11.8 Å². The van der Waals surface area contributed by atoms with Gasteiger partial charge in [0.05, 0.1) is 17.8 Å². The third-order valence-corrected chi connectivity index (χ3v) is 10.4. The Bertz CT molecular complexity index is 971. The van der Waals surface area contributed by atoms with Gasteiger partial charge in [0, 0.05) is 10.6 Å². The predicted octanol–water partition coefficient (Wildman–Crippen LogP) is 6.78. The van der Waals surface area contributed by atoms with Crippen LogP contribution >= 0.6 is 11.8 Å². The molecule has 0 heterocycles. The van der Waals surface area contributed by atoms with Gasteiger partial charge in [-0.05, 0) is 105 Å². The molecule has 35 heavy (non-hydrogen) atoms. The maximum Gasteiger partial charge on any atom is 0.0840 e. The van der Waals surface area contributed by atoms with Crippen LogP contribution in [0.3, 0.4) is 0 Å². The predicted molar refractivity (Wildman–Crippen MR) is 146 cm³/mol. The molecular weight excluding hydrogens is 452 g/mol. The van der Waals surface area contributed by atoms with Crippen molar-refractivity contribution in [1.82, 2.24) is 0 Å². The van der Waals surface area contributed by atoms with E-state index in [0.717, 1.165) is 22.8 Å². The molecule has 1 aromatic carbocycles. The van der Waals surface area contributed by atoms with Gasteiger partial charge in [-0.1, -0.05) is 55.9 Å². The largest absolute Gasteiger partial charge is 0.388 e. The molecule has 192 valence electrons. The lowest BCUT2D eigenvalue weighted by Crippen LogP contribution is -2.36. The van der Waals surface area contributed by atoms with Gasteiger partial charge in [-0.2, -0.15) is 0 Å². The number of hydrogen-bond acceptors (Lipinski definition) is 4. The second kappa shape index (κ2) is 10.6. The number of thioether (sulfide) groups is 1. The van der Waals surface area contributed by atoms with E-state index in [9.17, 15) is 15.3 Å². The zero-order chi connectivity index (χ0) is 25.4. The maximum atomic E-state index is 10.4. The van der Waals surface area contributed by atoms with Gasteiger partial charge in [0.25, 0.3) is 0 Å². The molecule has 0 amide bonds. The minimum Gasteiger partial charge on any atom is -0.388 e. The van der Waals surface area contributed by atoms with E-state index in [0.29, 0.717) is 35.7 Å². The third-order valence-electron chi connectivity index (χ3n) is 9.08. The lowest BCUT2D eigenvalue weighted by Gasteiger charge is -2.44. The summed E-state index contributed by atoms with van der Waals surface area (Å²) >= 11 is 1.92. The lowest BCUT2D eigenvalue weighted by molar-refractivity contribution is 0.0784. The van der Waals surface area contributed by atoms with Crippen LogP contribution in [0.25, 0.3) is 0 Å². The van der Waals surface area contributed by atoms with Crippen molar-refractivity contribution < 1.29 is 15.3 Å². The van der Waals surface area contributed by atoms with Crippen LogP contribution in [0.2, 0.25) is 0 Å². The van der Waals surface area contributed by atoms with Crippen molar-refractivity contribution >= 4 is 11.8 Å². The van der Waals surface area contributed by atoms with Crippen molar-refractivity contribution in [1.29, 1.82) is 0 Å². The Morgan fingerprint density at radius 1 is 1.17 bits per heavy atom. The number of benzene rings is 1. The molecule has 3 nitrogen and oxygen atoms in total. The number of rotatable bonds is 6. The van der Waals surface area contributed by atoms with Crippen LogP contribution in [-0.4, -0.2) is 33.3 Å². The van der Waals surface area contributed by atoms with E-state index in [1.54, 1.807) is 5.57 Å². The van der Waals surface area contributed by atoms with E-state index >= 15 is 0 Å². The van der Waals surface area contributed by atoms with Crippen molar-refractivity contribution in [2.24, 2.45) is 23.2 Å². The minimum atomic E-state index is -0.809. The number of fused-ring (bicyclic) bond motifs is 1. The van der Waals surface area contributed by atoms with Crippen LogP contribution in [0.4, 0.5) is 0 Å². The number of aliphatic hydroxyl groups is 3. The van der Waals surface area contributed by atoms with Crippen molar-refractivity contribution in [3.8, 4) is 0 Å². The normalized spacial score (nSPS) is 33.6. The fourth-order valence-electron chi connectivity index (χ4n) is 6.95. The monoisotopic (exact) mass is 496 g/mol. The van der Waals surface area contributed by atoms with Crippen LogP contribution in [0, 0.1) is 23.2 Å². The second-order valence-corrected chi connectivity index (χ2v) is 13.1. The molecule has 1 aromatic rings. The molecule has 0 aliphatic heterocycles. The Morgan fingerprint density at radius 3 is 2.57 bits per heavy atom. The highest BCUT2D eigenvalue weighted by Crippen LogP contribution is 2.59. The van der Waals surface area contributed by atoms with Crippen molar-refractivity contribution in [3.63, 3.8) is 0 Å². The Balaban J connectivity index is 1.43. The average Bonchev–Trinajstić information content (AvgIpc) is 3.16. The fraction of sp³-hybridized carbons (Fsp3) is 0.613. The molecule has 0 spiro atoms. The molecule has 3 saturated carbocycles.